The van der Waals surface area contributed by atoms with E-state index in [4.69, 9.17) is 21.4 Å². The molecule has 2 aromatic rings. The summed E-state index contributed by atoms with van der Waals surface area (Å²) in [6.45, 7) is 1.29. The number of carbonyl (C=O) groups is 4. The molecule has 0 bridgehead atoms. The molecule has 1 fully saturated rings. The summed E-state index contributed by atoms with van der Waals surface area (Å²) in [5.74, 6) is -2.36. The molecule has 0 radical (unpaired) electrons. The molecule has 0 aromatic heterocycles. The van der Waals surface area contributed by atoms with Crippen molar-refractivity contribution in [2.24, 2.45) is 0 Å². The third-order valence-electron chi connectivity index (χ3n) is 4.13. The van der Waals surface area contributed by atoms with Crippen LogP contribution in [-0.2, 0) is 14.4 Å². The van der Waals surface area contributed by atoms with E-state index in [0.29, 0.717) is 19.9 Å². The third-order valence-corrected chi connectivity index (χ3v) is 5.38. The summed E-state index contributed by atoms with van der Waals surface area (Å²) in [5, 5.41) is 11.2. The van der Waals surface area contributed by atoms with E-state index in [2.05, 4.69) is 5.32 Å². The molecular weight excluding hydrogens is 527 g/mol. The number of halogens is 2. The van der Waals surface area contributed by atoms with Crippen LogP contribution in [0.4, 0.5) is 10.5 Å². The highest BCUT2D eigenvalue weighted by Crippen LogP contribution is 2.28. The number of hydrogen-bond donors (Lipinski definition) is 2. The van der Waals surface area contributed by atoms with E-state index in [1.165, 1.54) is 18.2 Å². The average Bonchev–Trinajstić information content (AvgIpc) is 2.67. The van der Waals surface area contributed by atoms with Crippen LogP contribution in [0, 0.1) is 10.5 Å². The first-order valence-electron chi connectivity index (χ1n) is 8.49. The summed E-state index contributed by atoms with van der Waals surface area (Å²) in [5.41, 5.74) is 1.27. The van der Waals surface area contributed by atoms with Gasteiger partial charge in [-0.15, -0.1) is 0 Å². The molecule has 0 aliphatic carbocycles. The number of nitrogens with one attached hydrogen (secondary N) is 1. The van der Waals surface area contributed by atoms with Crippen LogP contribution in [0.2, 0.25) is 5.02 Å². The Balaban J connectivity index is 1.93. The third kappa shape index (κ3) is 4.62. The number of rotatable bonds is 5. The first-order valence-corrected chi connectivity index (χ1v) is 9.95. The molecule has 0 unspecified atom stereocenters. The lowest BCUT2D eigenvalue weighted by Crippen LogP contribution is -2.54. The number of aliphatic carboxylic acids is 1. The van der Waals surface area contributed by atoms with Gasteiger partial charge in [-0.05, 0) is 71.0 Å². The van der Waals surface area contributed by atoms with E-state index in [1.807, 2.05) is 22.6 Å². The predicted molar refractivity (Wildman–Crippen MR) is 117 cm³/mol. The van der Waals surface area contributed by atoms with Gasteiger partial charge in [-0.25, -0.2) is 14.5 Å². The largest absolute Gasteiger partial charge is 0.481 e. The van der Waals surface area contributed by atoms with Crippen LogP contribution in [0.3, 0.4) is 0 Å². The summed E-state index contributed by atoms with van der Waals surface area (Å²) in [6, 6.07) is 8.55. The standard InChI is InChI=1S/C20H14ClIN2O6/c1-10-2-4-12(8-14(10)21)24-19(28)13(18(27)23-20(24)29)6-11-3-5-16(15(22)7-11)30-9-17(25)26/h2-8H,9H2,1H3,(H,25,26)(H,23,27,29)/b13-6-. The van der Waals surface area contributed by atoms with Gasteiger partial charge in [0.05, 0.1) is 9.26 Å². The summed E-state index contributed by atoms with van der Waals surface area (Å²) in [4.78, 5) is 49.0. The van der Waals surface area contributed by atoms with Gasteiger partial charge in [-0.2, -0.15) is 0 Å². The Hall–Kier alpha value is -2.92. The van der Waals surface area contributed by atoms with Crippen molar-refractivity contribution in [3.05, 3.63) is 61.7 Å². The number of carbonyl (C=O) groups excluding carboxylic acids is 3. The van der Waals surface area contributed by atoms with E-state index < -0.39 is 30.4 Å². The zero-order chi connectivity index (χ0) is 22.0. The Labute approximate surface area is 189 Å². The quantitative estimate of drug-likeness (QED) is 0.342. The van der Waals surface area contributed by atoms with Gasteiger partial charge in [0, 0.05) is 5.02 Å². The zero-order valence-corrected chi connectivity index (χ0v) is 18.4. The van der Waals surface area contributed by atoms with Crippen LogP contribution in [0.1, 0.15) is 11.1 Å². The number of nitrogens with zero attached hydrogens (tertiary/aromatic N) is 1. The first-order chi connectivity index (χ1) is 14.2. The summed E-state index contributed by atoms with van der Waals surface area (Å²) >= 11 is 8.05. The van der Waals surface area contributed by atoms with E-state index in [9.17, 15) is 19.2 Å². The van der Waals surface area contributed by atoms with Gasteiger partial charge in [0.2, 0.25) is 0 Å². The molecule has 2 aromatic carbocycles. The molecule has 1 aliphatic heterocycles. The number of hydrogen-bond acceptors (Lipinski definition) is 5. The van der Waals surface area contributed by atoms with Gasteiger partial charge in [0.1, 0.15) is 11.3 Å². The molecule has 3 rings (SSSR count). The monoisotopic (exact) mass is 540 g/mol. The minimum absolute atomic E-state index is 0.235. The van der Waals surface area contributed by atoms with Crippen molar-refractivity contribution in [3.63, 3.8) is 0 Å². The number of carboxylic acid groups (broad SMARTS) is 1. The normalized spacial score (nSPS) is 15.4. The summed E-state index contributed by atoms with van der Waals surface area (Å²) < 4.78 is 5.74. The van der Waals surface area contributed by atoms with Crippen LogP contribution >= 0.6 is 34.2 Å². The Morgan fingerprint density at radius 3 is 2.60 bits per heavy atom. The SMILES string of the molecule is Cc1ccc(N2C(=O)NC(=O)/C(=C/c3ccc(OCC(=O)O)c(I)c3)C2=O)cc1Cl. The van der Waals surface area contributed by atoms with Crippen LogP contribution in [0.5, 0.6) is 5.75 Å². The Morgan fingerprint density at radius 2 is 1.97 bits per heavy atom. The lowest BCUT2D eigenvalue weighted by molar-refractivity contribution is -0.139. The fourth-order valence-electron chi connectivity index (χ4n) is 2.64. The maximum atomic E-state index is 12.9. The van der Waals surface area contributed by atoms with Gasteiger partial charge in [-0.1, -0.05) is 23.7 Å². The lowest BCUT2D eigenvalue weighted by Gasteiger charge is -2.26. The fraction of sp³-hybridized carbons (Fsp3) is 0.100. The van der Waals surface area contributed by atoms with Crippen molar-refractivity contribution in [2.45, 2.75) is 6.92 Å². The molecule has 154 valence electrons. The Morgan fingerprint density at radius 1 is 1.23 bits per heavy atom. The van der Waals surface area contributed by atoms with Crippen LogP contribution in [-0.4, -0.2) is 35.5 Å². The number of anilines is 1. The zero-order valence-electron chi connectivity index (χ0n) is 15.4. The van der Waals surface area contributed by atoms with Gasteiger partial charge in [0.25, 0.3) is 11.8 Å². The van der Waals surface area contributed by atoms with E-state index in [1.54, 1.807) is 31.2 Å². The van der Waals surface area contributed by atoms with Crippen molar-refractivity contribution in [3.8, 4) is 5.75 Å². The number of carboxylic acids is 1. The smallest absolute Gasteiger partial charge is 0.341 e. The fourth-order valence-corrected chi connectivity index (χ4v) is 3.51. The molecule has 8 nitrogen and oxygen atoms in total. The molecule has 4 amide bonds. The second-order valence-electron chi connectivity index (χ2n) is 6.26. The number of urea groups is 1. The topological polar surface area (TPSA) is 113 Å². The van der Waals surface area contributed by atoms with Gasteiger partial charge < -0.3 is 9.84 Å². The molecule has 2 N–H and O–H groups in total. The Bertz CT molecular complexity index is 1110. The van der Waals surface area contributed by atoms with E-state index in [-0.39, 0.29) is 11.3 Å². The predicted octanol–water partition coefficient (Wildman–Crippen LogP) is 3.38. The average molecular weight is 541 g/mol. The van der Waals surface area contributed by atoms with Gasteiger partial charge in [0.15, 0.2) is 6.61 Å². The van der Waals surface area contributed by atoms with E-state index >= 15 is 0 Å². The summed E-state index contributed by atoms with van der Waals surface area (Å²) in [6.07, 6.45) is 1.34. The van der Waals surface area contributed by atoms with Gasteiger partial charge in [-0.3, -0.25) is 14.9 Å². The maximum Gasteiger partial charge on any atom is 0.341 e. The molecule has 1 aliphatic rings. The number of amides is 4. The first kappa shape index (κ1) is 21.8. The molecule has 1 heterocycles. The molecule has 0 saturated carbocycles. The number of ether oxygens (including phenoxy) is 1. The second-order valence-corrected chi connectivity index (χ2v) is 7.83. The molecule has 10 heteroatoms. The van der Waals surface area contributed by atoms with Crippen molar-refractivity contribution >= 4 is 69.8 Å². The van der Waals surface area contributed by atoms with Crippen LogP contribution in [0.25, 0.3) is 6.08 Å². The van der Waals surface area contributed by atoms with Crippen molar-refractivity contribution in [2.75, 3.05) is 11.5 Å². The summed E-state index contributed by atoms with van der Waals surface area (Å²) in [7, 11) is 0. The maximum absolute atomic E-state index is 12.9. The highest BCUT2D eigenvalue weighted by molar-refractivity contribution is 14.1. The van der Waals surface area contributed by atoms with Crippen molar-refractivity contribution in [1.82, 2.24) is 5.32 Å². The second kappa shape index (κ2) is 8.84. The lowest BCUT2D eigenvalue weighted by atomic mass is 10.1. The molecule has 0 atom stereocenters. The highest BCUT2D eigenvalue weighted by atomic mass is 127. The van der Waals surface area contributed by atoms with Crippen molar-refractivity contribution in [1.29, 1.82) is 0 Å². The molecule has 0 spiro atoms. The van der Waals surface area contributed by atoms with E-state index in [0.717, 1.165) is 10.5 Å². The van der Waals surface area contributed by atoms with Crippen LogP contribution < -0.4 is 15.0 Å². The van der Waals surface area contributed by atoms with Gasteiger partial charge >= 0.3 is 12.0 Å². The number of aryl methyl sites for hydroxylation is 1. The highest BCUT2D eigenvalue weighted by Gasteiger charge is 2.37. The number of barbiturate groups is 1. The number of imide groups is 2. The minimum atomic E-state index is -1.11. The van der Waals surface area contributed by atoms with Crippen molar-refractivity contribution < 1.29 is 29.0 Å². The van der Waals surface area contributed by atoms with Crippen LogP contribution in [0.15, 0.2) is 42.0 Å². The molecule has 30 heavy (non-hydrogen) atoms. The molecule has 1 saturated heterocycles. The minimum Gasteiger partial charge on any atom is -0.481 e. The number of benzene rings is 2. The molecular formula is C20H14ClIN2O6. The Kier molecular flexibility index (Phi) is 6.42.